The molecule has 2 aliphatic rings. The zero-order valence-electron chi connectivity index (χ0n) is 11.1. The molecule has 1 atom stereocenters. The van der Waals surface area contributed by atoms with Gasteiger partial charge in [-0.1, -0.05) is 5.57 Å². The zero-order valence-corrected chi connectivity index (χ0v) is 11.1. The van der Waals surface area contributed by atoms with Gasteiger partial charge in [0.1, 0.15) is 0 Å². The lowest BCUT2D eigenvalue weighted by Crippen LogP contribution is -2.37. The van der Waals surface area contributed by atoms with E-state index in [4.69, 9.17) is 9.84 Å². The lowest BCUT2D eigenvalue weighted by molar-refractivity contribution is -0.131. The third kappa shape index (κ3) is 4.35. The number of nitrogens with one attached hydrogen (secondary N) is 1. The van der Waals surface area contributed by atoms with Gasteiger partial charge in [-0.15, -0.1) is 0 Å². The number of ether oxygens (including phenoxy) is 1. The summed E-state index contributed by atoms with van der Waals surface area (Å²) in [4.78, 5) is 22.5. The molecule has 1 aliphatic heterocycles. The average molecular weight is 267 g/mol. The SMILES string of the molecule is O=C(O)C=C1CCC(C(=O)NCC2CCCO2)CC1. The van der Waals surface area contributed by atoms with Crippen molar-refractivity contribution >= 4 is 11.9 Å². The van der Waals surface area contributed by atoms with Crippen molar-refractivity contribution in [3.63, 3.8) is 0 Å². The smallest absolute Gasteiger partial charge is 0.328 e. The summed E-state index contributed by atoms with van der Waals surface area (Å²) in [7, 11) is 0. The lowest BCUT2D eigenvalue weighted by atomic mass is 9.85. The number of hydrogen-bond donors (Lipinski definition) is 2. The molecule has 2 fully saturated rings. The fourth-order valence-electron chi connectivity index (χ4n) is 2.73. The third-order valence-corrected chi connectivity index (χ3v) is 3.85. The predicted octanol–water partition coefficient (Wildman–Crippen LogP) is 1.48. The largest absolute Gasteiger partial charge is 0.478 e. The Morgan fingerprint density at radius 1 is 1.32 bits per heavy atom. The number of hydrogen-bond acceptors (Lipinski definition) is 3. The number of carbonyl (C=O) groups is 2. The van der Waals surface area contributed by atoms with E-state index in [1.54, 1.807) is 0 Å². The van der Waals surface area contributed by atoms with Crippen LogP contribution < -0.4 is 5.32 Å². The monoisotopic (exact) mass is 267 g/mol. The van der Waals surface area contributed by atoms with Crippen molar-refractivity contribution in [3.05, 3.63) is 11.6 Å². The Kier molecular flexibility index (Phi) is 4.96. The first-order valence-electron chi connectivity index (χ1n) is 6.97. The van der Waals surface area contributed by atoms with Crippen LogP contribution in [-0.4, -0.2) is 36.2 Å². The van der Waals surface area contributed by atoms with Gasteiger partial charge in [-0.3, -0.25) is 4.79 Å². The molecule has 0 bridgehead atoms. The van der Waals surface area contributed by atoms with Gasteiger partial charge in [0.25, 0.3) is 0 Å². The molecule has 0 aromatic rings. The van der Waals surface area contributed by atoms with Crippen LogP contribution >= 0.6 is 0 Å². The third-order valence-electron chi connectivity index (χ3n) is 3.85. The summed E-state index contributed by atoms with van der Waals surface area (Å²) in [5, 5.41) is 11.6. The molecule has 1 aliphatic carbocycles. The van der Waals surface area contributed by atoms with Crippen LogP contribution in [0.5, 0.6) is 0 Å². The van der Waals surface area contributed by atoms with Crippen LogP contribution in [0.3, 0.4) is 0 Å². The van der Waals surface area contributed by atoms with Crippen LogP contribution in [0.25, 0.3) is 0 Å². The van der Waals surface area contributed by atoms with E-state index >= 15 is 0 Å². The highest BCUT2D eigenvalue weighted by atomic mass is 16.5. The first kappa shape index (κ1) is 14.1. The van der Waals surface area contributed by atoms with Gasteiger partial charge in [0.15, 0.2) is 0 Å². The summed E-state index contributed by atoms with van der Waals surface area (Å²) in [5.41, 5.74) is 0.940. The van der Waals surface area contributed by atoms with Gasteiger partial charge in [-0.05, 0) is 38.5 Å². The quantitative estimate of drug-likeness (QED) is 0.757. The molecule has 1 unspecified atom stereocenters. The summed E-state index contributed by atoms with van der Waals surface area (Å²) in [6.07, 6.45) is 6.47. The molecule has 1 saturated carbocycles. The summed E-state index contributed by atoms with van der Waals surface area (Å²) >= 11 is 0. The highest BCUT2D eigenvalue weighted by Gasteiger charge is 2.24. The van der Waals surface area contributed by atoms with Crippen molar-refractivity contribution in [1.82, 2.24) is 5.32 Å². The van der Waals surface area contributed by atoms with E-state index in [0.717, 1.165) is 37.9 Å². The van der Waals surface area contributed by atoms with Crippen molar-refractivity contribution in [3.8, 4) is 0 Å². The van der Waals surface area contributed by atoms with Crippen molar-refractivity contribution in [1.29, 1.82) is 0 Å². The molecule has 1 saturated heterocycles. The van der Waals surface area contributed by atoms with Gasteiger partial charge in [-0.2, -0.15) is 0 Å². The Bertz CT molecular complexity index is 362. The Hall–Kier alpha value is -1.36. The number of amides is 1. The molecule has 2 N–H and O–H groups in total. The number of allylic oxidation sites excluding steroid dienone is 1. The second-order valence-electron chi connectivity index (χ2n) is 5.30. The van der Waals surface area contributed by atoms with Gasteiger partial charge in [-0.25, -0.2) is 4.79 Å². The number of carboxylic acid groups (broad SMARTS) is 1. The minimum absolute atomic E-state index is 0.0207. The van der Waals surface area contributed by atoms with E-state index in [-0.39, 0.29) is 17.9 Å². The molecule has 0 radical (unpaired) electrons. The summed E-state index contributed by atoms with van der Waals surface area (Å²) < 4.78 is 5.46. The molecule has 0 aromatic carbocycles. The van der Waals surface area contributed by atoms with Crippen molar-refractivity contribution < 1.29 is 19.4 Å². The van der Waals surface area contributed by atoms with Crippen molar-refractivity contribution in [2.45, 2.75) is 44.6 Å². The van der Waals surface area contributed by atoms with Crippen LogP contribution in [0.2, 0.25) is 0 Å². The highest BCUT2D eigenvalue weighted by molar-refractivity contribution is 5.81. The number of rotatable bonds is 4. The molecule has 0 spiro atoms. The van der Waals surface area contributed by atoms with E-state index in [1.807, 2.05) is 0 Å². The molecule has 1 heterocycles. The van der Waals surface area contributed by atoms with Crippen molar-refractivity contribution in [2.24, 2.45) is 5.92 Å². The van der Waals surface area contributed by atoms with E-state index < -0.39 is 5.97 Å². The van der Waals surface area contributed by atoms with Crippen LogP contribution in [0.4, 0.5) is 0 Å². The van der Waals surface area contributed by atoms with Gasteiger partial charge < -0.3 is 15.2 Å². The van der Waals surface area contributed by atoms with E-state index in [2.05, 4.69) is 5.32 Å². The summed E-state index contributed by atoms with van der Waals surface area (Å²) in [5.74, 6) is -0.784. The Morgan fingerprint density at radius 3 is 2.63 bits per heavy atom. The first-order valence-corrected chi connectivity index (χ1v) is 6.97. The molecule has 5 nitrogen and oxygen atoms in total. The minimum atomic E-state index is -0.892. The lowest BCUT2D eigenvalue weighted by Gasteiger charge is -2.23. The number of aliphatic carboxylic acids is 1. The molecule has 19 heavy (non-hydrogen) atoms. The maximum absolute atomic E-state index is 12.0. The number of carbonyl (C=O) groups excluding carboxylic acids is 1. The van der Waals surface area contributed by atoms with E-state index in [1.165, 1.54) is 6.08 Å². The predicted molar refractivity (Wildman–Crippen MR) is 69.7 cm³/mol. The van der Waals surface area contributed by atoms with Crippen LogP contribution in [-0.2, 0) is 14.3 Å². The van der Waals surface area contributed by atoms with Gasteiger partial charge >= 0.3 is 5.97 Å². The Labute approximate surface area is 113 Å². The normalized spacial score (nSPS) is 27.1. The maximum atomic E-state index is 12.0. The van der Waals surface area contributed by atoms with Gasteiger partial charge in [0, 0.05) is 25.1 Å². The van der Waals surface area contributed by atoms with Gasteiger partial charge in [0.2, 0.25) is 5.91 Å². The highest BCUT2D eigenvalue weighted by Crippen LogP contribution is 2.28. The summed E-state index contributed by atoms with van der Waals surface area (Å²) in [6.45, 7) is 1.40. The standard InChI is InChI=1S/C14H21NO4/c16-13(17)8-10-3-5-11(6-4-10)14(18)15-9-12-2-1-7-19-12/h8,11-12H,1-7,9H2,(H,15,18)(H,16,17). The summed E-state index contributed by atoms with van der Waals surface area (Å²) in [6, 6.07) is 0. The topological polar surface area (TPSA) is 75.6 Å². The van der Waals surface area contributed by atoms with Gasteiger partial charge in [0.05, 0.1) is 6.10 Å². The van der Waals surface area contributed by atoms with Crippen LogP contribution in [0.15, 0.2) is 11.6 Å². The fraction of sp³-hybridized carbons (Fsp3) is 0.714. The maximum Gasteiger partial charge on any atom is 0.328 e. The van der Waals surface area contributed by atoms with E-state index in [9.17, 15) is 9.59 Å². The van der Waals surface area contributed by atoms with Crippen LogP contribution in [0, 0.1) is 5.92 Å². The second kappa shape index (κ2) is 6.70. The fourth-order valence-corrected chi connectivity index (χ4v) is 2.73. The van der Waals surface area contributed by atoms with Crippen molar-refractivity contribution in [2.75, 3.05) is 13.2 Å². The molecule has 106 valence electrons. The minimum Gasteiger partial charge on any atom is -0.478 e. The zero-order chi connectivity index (χ0) is 13.7. The average Bonchev–Trinajstić information content (AvgIpc) is 2.89. The molecule has 1 amide bonds. The Balaban J connectivity index is 1.71. The second-order valence-corrected chi connectivity index (χ2v) is 5.30. The molecule has 5 heteroatoms. The molecular weight excluding hydrogens is 246 g/mol. The van der Waals surface area contributed by atoms with E-state index in [0.29, 0.717) is 19.4 Å². The number of carboxylic acids is 1. The molecule has 2 rings (SSSR count). The Morgan fingerprint density at radius 2 is 2.05 bits per heavy atom. The molecular formula is C14H21NO4. The first-order chi connectivity index (χ1) is 9.15. The molecule has 0 aromatic heterocycles. The van der Waals surface area contributed by atoms with Crippen LogP contribution in [0.1, 0.15) is 38.5 Å².